The molecule has 2 atom stereocenters. The molecule has 2 unspecified atom stereocenters. The normalized spacial score (nSPS) is 26.9. The van der Waals surface area contributed by atoms with Crippen LogP contribution in [0.1, 0.15) is 53.9 Å². The maximum absolute atomic E-state index is 11.8. The minimum atomic E-state index is -0.561. The molecule has 0 heterocycles. The summed E-state index contributed by atoms with van der Waals surface area (Å²) in [6, 6.07) is 0. The van der Waals surface area contributed by atoms with Gasteiger partial charge in [0, 0.05) is 18.9 Å². The summed E-state index contributed by atoms with van der Waals surface area (Å²) in [4.78, 5) is 11.8. The number of carbonyl (C=O) groups excluding carboxylic acids is 1. The second-order valence-electron chi connectivity index (χ2n) is 6.84. The predicted molar refractivity (Wildman–Crippen MR) is 90.6 cm³/mol. The summed E-state index contributed by atoms with van der Waals surface area (Å²) in [5, 5.41) is 0. The van der Waals surface area contributed by atoms with Crippen molar-refractivity contribution in [1.29, 1.82) is 0 Å². The molecule has 0 saturated heterocycles. The van der Waals surface area contributed by atoms with E-state index < -0.39 is 5.79 Å². The Morgan fingerprint density at radius 2 is 2.00 bits per heavy atom. The third-order valence-corrected chi connectivity index (χ3v) is 4.09. The quantitative estimate of drug-likeness (QED) is 0.534. The van der Waals surface area contributed by atoms with E-state index in [0.29, 0.717) is 31.5 Å². The van der Waals surface area contributed by atoms with Crippen LogP contribution in [-0.2, 0) is 14.3 Å². The first-order valence-corrected chi connectivity index (χ1v) is 8.49. The van der Waals surface area contributed by atoms with Crippen LogP contribution >= 0.6 is 0 Å². The van der Waals surface area contributed by atoms with Crippen LogP contribution in [0, 0.1) is 17.8 Å². The van der Waals surface area contributed by atoms with Crippen molar-refractivity contribution in [2.24, 2.45) is 17.8 Å². The molecule has 22 heavy (non-hydrogen) atoms. The first-order valence-electron chi connectivity index (χ1n) is 8.49. The van der Waals surface area contributed by atoms with Crippen LogP contribution < -0.4 is 0 Å². The first kappa shape index (κ1) is 19.1. The summed E-state index contributed by atoms with van der Waals surface area (Å²) in [5.74, 6) is 0.958. The van der Waals surface area contributed by atoms with Crippen LogP contribution in [0.4, 0.5) is 0 Å². The van der Waals surface area contributed by atoms with Crippen molar-refractivity contribution in [3.05, 3.63) is 24.3 Å². The van der Waals surface area contributed by atoms with Gasteiger partial charge in [-0.1, -0.05) is 32.1 Å². The predicted octanol–water partition coefficient (Wildman–Crippen LogP) is 4.53. The van der Waals surface area contributed by atoms with Gasteiger partial charge in [-0.2, -0.15) is 0 Å². The smallest absolute Gasteiger partial charge is 0.162 e. The summed E-state index contributed by atoms with van der Waals surface area (Å²) in [7, 11) is 0. The molecule has 1 rings (SSSR count). The molecule has 0 aromatic heterocycles. The molecule has 126 valence electrons. The molecule has 1 aliphatic rings. The second-order valence-corrected chi connectivity index (χ2v) is 6.84. The Hall–Kier alpha value is -0.930. The molecule has 0 aliphatic heterocycles. The molecule has 0 N–H and O–H groups in total. The number of hydrogen-bond donors (Lipinski definition) is 0. The van der Waals surface area contributed by atoms with Crippen LogP contribution in [0.15, 0.2) is 24.3 Å². The minimum absolute atomic E-state index is 0.232. The average Bonchev–Trinajstić information content (AvgIpc) is 2.43. The summed E-state index contributed by atoms with van der Waals surface area (Å²) < 4.78 is 11.5. The molecule has 0 aromatic carbocycles. The lowest BCUT2D eigenvalue weighted by atomic mass is 9.88. The lowest BCUT2D eigenvalue weighted by Gasteiger charge is -2.27. The van der Waals surface area contributed by atoms with E-state index in [1.807, 2.05) is 26.8 Å². The van der Waals surface area contributed by atoms with Crippen molar-refractivity contribution in [3.63, 3.8) is 0 Å². The van der Waals surface area contributed by atoms with E-state index in [1.165, 1.54) is 0 Å². The zero-order valence-corrected chi connectivity index (χ0v) is 14.8. The molecule has 0 saturated carbocycles. The standard InChI is InChI=1S/C19H32O3/c1-6-21-19(4,5)22-14-16-8-7-9-18(20)13-12-17(11-10-16)15(2)3/h7,9-11,15-17H,6,8,12-14H2,1-5H3/b9-7-,11-10-. The van der Waals surface area contributed by atoms with Crippen LogP contribution in [0.5, 0.6) is 0 Å². The van der Waals surface area contributed by atoms with E-state index in [9.17, 15) is 4.79 Å². The van der Waals surface area contributed by atoms with E-state index >= 15 is 0 Å². The number of ketones is 1. The molecule has 1 aliphatic carbocycles. The lowest BCUT2D eigenvalue weighted by molar-refractivity contribution is -0.214. The van der Waals surface area contributed by atoms with Crippen molar-refractivity contribution >= 4 is 5.78 Å². The van der Waals surface area contributed by atoms with Gasteiger partial charge in [-0.15, -0.1) is 0 Å². The number of carbonyl (C=O) groups is 1. The highest BCUT2D eigenvalue weighted by atomic mass is 16.7. The average molecular weight is 308 g/mol. The first-order chi connectivity index (χ1) is 10.3. The third-order valence-electron chi connectivity index (χ3n) is 4.09. The van der Waals surface area contributed by atoms with E-state index in [4.69, 9.17) is 9.47 Å². The number of rotatable bonds is 6. The van der Waals surface area contributed by atoms with Gasteiger partial charge in [-0.3, -0.25) is 4.79 Å². The van der Waals surface area contributed by atoms with Crippen molar-refractivity contribution in [2.75, 3.05) is 13.2 Å². The Kier molecular flexibility index (Phi) is 8.05. The van der Waals surface area contributed by atoms with Gasteiger partial charge in [0.15, 0.2) is 11.6 Å². The minimum Gasteiger partial charge on any atom is -0.351 e. The maximum Gasteiger partial charge on any atom is 0.162 e. The van der Waals surface area contributed by atoms with Crippen LogP contribution in [0.25, 0.3) is 0 Å². The highest BCUT2D eigenvalue weighted by Crippen LogP contribution is 2.23. The zero-order valence-electron chi connectivity index (χ0n) is 14.8. The number of ether oxygens (including phenoxy) is 2. The van der Waals surface area contributed by atoms with E-state index in [-0.39, 0.29) is 11.7 Å². The van der Waals surface area contributed by atoms with Crippen LogP contribution in [0.3, 0.4) is 0 Å². The van der Waals surface area contributed by atoms with Crippen LogP contribution in [-0.4, -0.2) is 24.8 Å². The maximum atomic E-state index is 11.8. The van der Waals surface area contributed by atoms with Gasteiger partial charge in [0.2, 0.25) is 0 Å². The highest BCUT2D eigenvalue weighted by molar-refractivity contribution is 5.89. The van der Waals surface area contributed by atoms with Gasteiger partial charge in [0.25, 0.3) is 0 Å². The van der Waals surface area contributed by atoms with Crippen molar-refractivity contribution in [1.82, 2.24) is 0 Å². The van der Waals surface area contributed by atoms with E-state index in [0.717, 1.165) is 12.8 Å². The fourth-order valence-electron chi connectivity index (χ4n) is 2.62. The monoisotopic (exact) mass is 308 g/mol. The Labute approximate surface area is 135 Å². The topological polar surface area (TPSA) is 35.5 Å². The molecule has 0 aromatic rings. The molecule has 0 fully saturated rings. The Bertz CT molecular complexity index is 393. The van der Waals surface area contributed by atoms with Gasteiger partial charge >= 0.3 is 0 Å². The molecule has 0 bridgehead atoms. The molecule has 0 spiro atoms. The Balaban J connectivity index is 2.71. The second kappa shape index (κ2) is 9.26. The summed E-state index contributed by atoms with van der Waals surface area (Å²) in [5.41, 5.74) is 0. The van der Waals surface area contributed by atoms with Gasteiger partial charge < -0.3 is 9.47 Å². The van der Waals surface area contributed by atoms with Crippen LogP contribution in [0.2, 0.25) is 0 Å². The number of hydrogen-bond acceptors (Lipinski definition) is 3. The fraction of sp³-hybridized carbons (Fsp3) is 0.737. The largest absolute Gasteiger partial charge is 0.351 e. The van der Waals surface area contributed by atoms with E-state index in [1.54, 1.807) is 6.08 Å². The van der Waals surface area contributed by atoms with Gasteiger partial charge in [-0.05, 0) is 51.5 Å². The van der Waals surface area contributed by atoms with Crippen molar-refractivity contribution < 1.29 is 14.3 Å². The van der Waals surface area contributed by atoms with Gasteiger partial charge in [0.1, 0.15) is 0 Å². The fourth-order valence-corrected chi connectivity index (χ4v) is 2.62. The van der Waals surface area contributed by atoms with Crippen molar-refractivity contribution in [2.45, 2.75) is 59.7 Å². The van der Waals surface area contributed by atoms with E-state index in [2.05, 4.69) is 26.0 Å². The molecule has 0 radical (unpaired) electrons. The molecular formula is C19H32O3. The summed E-state index contributed by atoms with van der Waals surface area (Å²) in [6.07, 6.45) is 10.6. The molecule has 0 amide bonds. The molecular weight excluding hydrogens is 276 g/mol. The lowest BCUT2D eigenvalue weighted by Crippen LogP contribution is -2.30. The summed E-state index contributed by atoms with van der Waals surface area (Å²) in [6.45, 7) is 11.5. The number of allylic oxidation sites excluding steroid dienone is 3. The zero-order chi connectivity index (χ0) is 16.6. The third kappa shape index (κ3) is 7.37. The SMILES string of the molecule is CCOC(C)(C)OCC1/C=C\C(C(C)C)CCC(=O)/C=C\C1. The molecule has 3 heteroatoms. The Morgan fingerprint density at radius 3 is 2.64 bits per heavy atom. The Morgan fingerprint density at radius 1 is 1.27 bits per heavy atom. The summed E-state index contributed by atoms with van der Waals surface area (Å²) >= 11 is 0. The van der Waals surface area contributed by atoms with Gasteiger partial charge in [-0.25, -0.2) is 0 Å². The molecule has 3 nitrogen and oxygen atoms in total. The van der Waals surface area contributed by atoms with Crippen molar-refractivity contribution in [3.8, 4) is 0 Å². The highest BCUT2D eigenvalue weighted by Gasteiger charge is 2.20. The van der Waals surface area contributed by atoms with Gasteiger partial charge in [0.05, 0.1) is 6.61 Å².